The summed E-state index contributed by atoms with van der Waals surface area (Å²) in [6, 6.07) is 6.19. The first-order valence-corrected chi connectivity index (χ1v) is 5.96. The molecular weight excluding hydrogens is 200 g/mol. The highest BCUT2D eigenvalue weighted by Gasteiger charge is 2.14. The van der Waals surface area contributed by atoms with Gasteiger partial charge in [0.15, 0.2) is 0 Å². The van der Waals surface area contributed by atoms with Gasteiger partial charge in [0.2, 0.25) is 0 Å². The Morgan fingerprint density at radius 3 is 2.81 bits per heavy atom. The summed E-state index contributed by atoms with van der Waals surface area (Å²) in [6.45, 7) is 4.77. The Balaban J connectivity index is 2.03. The third kappa shape index (κ3) is 2.74. The largest absolute Gasteiger partial charge is 0.490 e. The Labute approximate surface area is 97.0 Å². The minimum Gasteiger partial charge on any atom is -0.490 e. The number of nitrogens with one attached hydrogen (secondary N) is 1. The van der Waals surface area contributed by atoms with E-state index in [2.05, 4.69) is 24.4 Å². The molecule has 3 nitrogen and oxygen atoms in total. The topological polar surface area (TPSA) is 47.3 Å². The first kappa shape index (κ1) is 11.4. The van der Waals surface area contributed by atoms with Crippen molar-refractivity contribution < 1.29 is 4.74 Å². The summed E-state index contributed by atoms with van der Waals surface area (Å²) in [5, 5.41) is 3.33. The quantitative estimate of drug-likeness (QED) is 0.813. The normalized spacial score (nSPS) is 17.4. The van der Waals surface area contributed by atoms with Crippen LogP contribution in [0.2, 0.25) is 0 Å². The Kier molecular flexibility index (Phi) is 3.80. The fraction of sp³-hybridized carbons (Fsp3) is 0.538. The summed E-state index contributed by atoms with van der Waals surface area (Å²) in [7, 11) is 0. The van der Waals surface area contributed by atoms with Crippen molar-refractivity contribution in [2.45, 2.75) is 32.4 Å². The smallest absolute Gasteiger partial charge is 0.120 e. The molecule has 1 saturated heterocycles. The van der Waals surface area contributed by atoms with Crippen LogP contribution >= 0.6 is 0 Å². The molecule has 1 aromatic rings. The molecular formula is C13H20N2O. The van der Waals surface area contributed by atoms with Crippen molar-refractivity contribution in [3.8, 4) is 5.75 Å². The lowest BCUT2D eigenvalue weighted by molar-refractivity contribution is 0.162. The average molecular weight is 220 g/mol. The number of hydrogen-bond donors (Lipinski definition) is 2. The summed E-state index contributed by atoms with van der Waals surface area (Å²) in [6.07, 6.45) is 2.53. The van der Waals surface area contributed by atoms with Crippen molar-refractivity contribution in [1.29, 1.82) is 0 Å². The Morgan fingerprint density at radius 1 is 1.38 bits per heavy atom. The number of aryl methyl sites for hydroxylation is 1. The molecule has 0 spiro atoms. The molecule has 16 heavy (non-hydrogen) atoms. The first-order valence-electron chi connectivity index (χ1n) is 5.96. The van der Waals surface area contributed by atoms with Crippen LogP contribution in [0.4, 0.5) is 0 Å². The zero-order valence-corrected chi connectivity index (χ0v) is 9.83. The van der Waals surface area contributed by atoms with E-state index in [0.29, 0.717) is 12.6 Å². The molecule has 0 radical (unpaired) electrons. The minimum atomic E-state index is 0.356. The fourth-order valence-corrected chi connectivity index (χ4v) is 2.05. The average Bonchev–Trinajstić information content (AvgIpc) is 2.33. The number of hydrogen-bond acceptors (Lipinski definition) is 3. The van der Waals surface area contributed by atoms with E-state index in [1.807, 2.05) is 6.07 Å². The second-order valence-electron chi connectivity index (χ2n) is 4.36. The Morgan fingerprint density at radius 2 is 2.12 bits per heavy atom. The zero-order chi connectivity index (χ0) is 11.4. The molecule has 0 atom stereocenters. The van der Waals surface area contributed by atoms with Gasteiger partial charge in [-0.15, -0.1) is 0 Å². The van der Waals surface area contributed by atoms with Crippen LogP contribution in [0.15, 0.2) is 18.2 Å². The van der Waals surface area contributed by atoms with E-state index in [4.69, 9.17) is 10.5 Å². The van der Waals surface area contributed by atoms with Crippen LogP contribution in [0.5, 0.6) is 5.75 Å². The van der Waals surface area contributed by atoms with E-state index in [1.165, 1.54) is 11.1 Å². The van der Waals surface area contributed by atoms with Gasteiger partial charge in [-0.2, -0.15) is 0 Å². The molecule has 1 aromatic carbocycles. The lowest BCUT2D eigenvalue weighted by Gasteiger charge is -2.24. The highest BCUT2D eigenvalue weighted by Crippen LogP contribution is 2.20. The molecule has 0 amide bonds. The zero-order valence-electron chi connectivity index (χ0n) is 9.83. The standard InChI is InChI=1S/C13H20N2O/c1-10-2-3-13(8-11(10)9-14)16-12-4-6-15-7-5-12/h2-3,8,12,15H,4-7,9,14H2,1H3. The summed E-state index contributed by atoms with van der Waals surface area (Å²) < 4.78 is 5.96. The predicted molar refractivity (Wildman–Crippen MR) is 65.6 cm³/mol. The summed E-state index contributed by atoms with van der Waals surface area (Å²) in [5.41, 5.74) is 8.10. The third-order valence-corrected chi connectivity index (χ3v) is 3.13. The van der Waals surface area contributed by atoms with E-state index >= 15 is 0 Å². The van der Waals surface area contributed by atoms with Gasteiger partial charge in [0.05, 0.1) is 0 Å². The highest BCUT2D eigenvalue weighted by molar-refractivity contribution is 5.34. The Bertz CT molecular complexity index is 346. The molecule has 1 aliphatic rings. The van der Waals surface area contributed by atoms with Crippen molar-refractivity contribution in [3.05, 3.63) is 29.3 Å². The van der Waals surface area contributed by atoms with Gasteiger partial charge in [-0.25, -0.2) is 0 Å². The molecule has 0 aliphatic carbocycles. The van der Waals surface area contributed by atoms with Crippen molar-refractivity contribution >= 4 is 0 Å². The van der Waals surface area contributed by atoms with Gasteiger partial charge in [-0.1, -0.05) is 6.07 Å². The maximum atomic E-state index is 5.96. The lowest BCUT2D eigenvalue weighted by Crippen LogP contribution is -2.34. The van der Waals surface area contributed by atoms with Crippen LogP contribution in [-0.2, 0) is 6.54 Å². The fourth-order valence-electron chi connectivity index (χ4n) is 2.05. The number of rotatable bonds is 3. The SMILES string of the molecule is Cc1ccc(OC2CCNCC2)cc1CN. The van der Waals surface area contributed by atoms with Gasteiger partial charge in [-0.3, -0.25) is 0 Å². The Hall–Kier alpha value is -1.06. The highest BCUT2D eigenvalue weighted by atomic mass is 16.5. The molecule has 1 fully saturated rings. The van der Waals surface area contributed by atoms with Crippen LogP contribution in [-0.4, -0.2) is 19.2 Å². The minimum absolute atomic E-state index is 0.356. The van der Waals surface area contributed by atoms with Gasteiger partial charge in [0.1, 0.15) is 11.9 Å². The molecule has 88 valence electrons. The van der Waals surface area contributed by atoms with Gasteiger partial charge < -0.3 is 15.8 Å². The van der Waals surface area contributed by atoms with Crippen LogP contribution in [0.3, 0.4) is 0 Å². The van der Waals surface area contributed by atoms with Gasteiger partial charge >= 0.3 is 0 Å². The predicted octanol–water partition coefficient (Wildman–Crippen LogP) is 1.58. The molecule has 3 N–H and O–H groups in total. The van der Waals surface area contributed by atoms with Crippen LogP contribution in [0.25, 0.3) is 0 Å². The van der Waals surface area contributed by atoms with Crippen LogP contribution in [0, 0.1) is 6.92 Å². The maximum absolute atomic E-state index is 5.96. The first-order chi connectivity index (χ1) is 7.79. The number of piperidine rings is 1. The van der Waals surface area contributed by atoms with Gasteiger partial charge in [-0.05, 0) is 56.1 Å². The third-order valence-electron chi connectivity index (χ3n) is 3.13. The number of benzene rings is 1. The molecule has 2 rings (SSSR count). The second-order valence-corrected chi connectivity index (χ2v) is 4.36. The van der Waals surface area contributed by atoms with Crippen molar-refractivity contribution in [3.63, 3.8) is 0 Å². The summed E-state index contributed by atoms with van der Waals surface area (Å²) >= 11 is 0. The van der Waals surface area contributed by atoms with E-state index < -0.39 is 0 Å². The molecule has 0 aromatic heterocycles. The van der Waals surface area contributed by atoms with Crippen molar-refractivity contribution in [1.82, 2.24) is 5.32 Å². The molecule has 0 bridgehead atoms. The van der Waals surface area contributed by atoms with E-state index in [1.54, 1.807) is 0 Å². The molecule has 0 saturated carbocycles. The second kappa shape index (κ2) is 5.32. The van der Waals surface area contributed by atoms with Crippen LogP contribution < -0.4 is 15.8 Å². The maximum Gasteiger partial charge on any atom is 0.120 e. The molecule has 1 aliphatic heterocycles. The van der Waals surface area contributed by atoms with Gasteiger partial charge in [0.25, 0.3) is 0 Å². The van der Waals surface area contributed by atoms with E-state index in [9.17, 15) is 0 Å². The van der Waals surface area contributed by atoms with Crippen molar-refractivity contribution in [2.75, 3.05) is 13.1 Å². The number of nitrogens with two attached hydrogens (primary N) is 1. The monoisotopic (exact) mass is 220 g/mol. The lowest BCUT2D eigenvalue weighted by atomic mass is 10.1. The molecule has 1 heterocycles. The summed E-state index contributed by atoms with van der Waals surface area (Å²) in [4.78, 5) is 0. The molecule has 3 heteroatoms. The van der Waals surface area contributed by atoms with E-state index in [-0.39, 0.29) is 0 Å². The van der Waals surface area contributed by atoms with Crippen molar-refractivity contribution in [2.24, 2.45) is 5.73 Å². The van der Waals surface area contributed by atoms with E-state index in [0.717, 1.165) is 31.7 Å². The van der Waals surface area contributed by atoms with Crippen LogP contribution in [0.1, 0.15) is 24.0 Å². The van der Waals surface area contributed by atoms with Gasteiger partial charge in [0, 0.05) is 6.54 Å². The molecule has 0 unspecified atom stereocenters. The summed E-state index contributed by atoms with van der Waals surface area (Å²) in [5.74, 6) is 0.956. The number of ether oxygens (including phenoxy) is 1.